The number of hydrogen-bond acceptors (Lipinski definition) is 4. The van der Waals surface area contributed by atoms with Crippen LogP contribution in [0.2, 0.25) is 36.3 Å². The normalized spacial score (nSPS) is 19.1. The Bertz CT molecular complexity index is 1780. The van der Waals surface area contributed by atoms with Crippen LogP contribution in [0.5, 0.6) is 0 Å². The largest absolute Gasteiger partial charge is 0.413 e. The van der Waals surface area contributed by atoms with E-state index in [4.69, 9.17) is 8.85 Å². The van der Waals surface area contributed by atoms with Crippen molar-refractivity contribution in [3.05, 3.63) is 143 Å². The van der Waals surface area contributed by atoms with Gasteiger partial charge >= 0.3 is 0 Å². The van der Waals surface area contributed by atoms with Crippen molar-refractivity contribution in [2.45, 2.75) is 103 Å². The van der Waals surface area contributed by atoms with Crippen LogP contribution in [0.3, 0.4) is 0 Å². The third-order valence-electron chi connectivity index (χ3n) is 11.2. The molecule has 1 N–H and O–H groups in total. The Kier molecular flexibility index (Phi) is 10.3. The van der Waals surface area contributed by atoms with Gasteiger partial charge in [-0.2, -0.15) is 0 Å². The van der Waals surface area contributed by atoms with Gasteiger partial charge in [-0.1, -0.05) is 151 Å². The van der Waals surface area contributed by atoms with Crippen molar-refractivity contribution in [1.82, 2.24) is 0 Å². The van der Waals surface area contributed by atoms with E-state index in [2.05, 4.69) is 79.9 Å². The molecule has 6 heteroatoms. The van der Waals surface area contributed by atoms with Crippen LogP contribution in [0, 0.1) is 0 Å². The Morgan fingerprint density at radius 1 is 0.612 bits per heavy atom. The lowest BCUT2D eigenvalue weighted by atomic mass is 9.74. The van der Waals surface area contributed by atoms with Gasteiger partial charge in [0.25, 0.3) is 0 Å². The van der Waals surface area contributed by atoms with E-state index >= 15 is 0 Å². The predicted molar refractivity (Wildman–Crippen MR) is 208 cm³/mol. The molecular formula is C43H54O4Si2. The van der Waals surface area contributed by atoms with Crippen LogP contribution in [0.1, 0.15) is 80.8 Å². The van der Waals surface area contributed by atoms with Crippen LogP contribution in [-0.4, -0.2) is 27.5 Å². The summed E-state index contributed by atoms with van der Waals surface area (Å²) in [7, 11) is -3.86. The van der Waals surface area contributed by atoms with E-state index in [9.17, 15) is 9.90 Å². The first-order valence-electron chi connectivity index (χ1n) is 17.5. The van der Waals surface area contributed by atoms with Gasteiger partial charge in [-0.05, 0) is 69.6 Å². The average molecular weight is 691 g/mol. The van der Waals surface area contributed by atoms with Gasteiger partial charge in [0, 0.05) is 11.1 Å². The minimum atomic E-state index is -1.93. The molecule has 0 radical (unpaired) electrons. The smallest absolute Gasteiger partial charge is 0.192 e. The van der Waals surface area contributed by atoms with E-state index in [0.29, 0.717) is 29.9 Å². The molecule has 0 aromatic heterocycles. The highest BCUT2D eigenvalue weighted by Gasteiger charge is 2.55. The van der Waals surface area contributed by atoms with Crippen LogP contribution in [0.25, 0.3) is 11.1 Å². The van der Waals surface area contributed by atoms with Gasteiger partial charge in [-0.15, -0.1) is 0 Å². The molecule has 1 aliphatic rings. The van der Waals surface area contributed by atoms with Crippen LogP contribution < -0.4 is 0 Å². The van der Waals surface area contributed by atoms with Crippen molar-refractivity contribution in [2.75, 3.05) is 0 Å². The molecule has 0 amide bonds. The average Bonchev–Trinajstić information content (AvgIpc) is 3.30. The van der Waals surface area contributed by atoms with Gasteiger partial charge in [0.05, 0.1) is 19.1 Å². The summed E-state index contributed by atoms with van der Waals surface area (Å²) in [4.78, 5) is 14.9. The zero-order valence-electron chi connectivity index (χ0n) is 31.1. The summed E-state index contributed by atoms with van der Waals surface area (Å²) < 4.78 is 13.0. The second-order valence-electron chi connectivity index (χ2n) is 16.6. The van der Waals surface area contributed by atoms with Crippen molar-refractivity contribution >= 4 is 33.6 Å². The lowest BCUT2D eigenvalue weighted by molar-refractivity contribution is -0.118. The highest BCUT2D eigenvalue weighted by molar-refractivity contribution is 6.74. The SMILES string of the molecule is CC(C)(C)[Si](C)(C)OCc1ccc(C2=C(c3ccccc3)C(O)(c3ccccc3)C(c3ccc(CO[Si](C)(C)C(C)(C)C)cc3)C2=O)cc1. The zero-order chi connectivity index (χ0) is 35.8. The van der Waals surface area contributed by atoms with Crippen LogP contribution in [0.4, 0.5) is 0 Å². The summed E-state index contributed by atoms with van der Waals surface area (Å²) >= 11 is 0. The molecule has 2 atom stereocenters. The van der Waals surface area contributed by atoms with E-state index in [1.54, 1.807) is 0 Å². The standard InChI is InChI=1S/C43H54O4Si2/c1-41(2,3)48(7,8)46-29-31-21-25-33(26-22-31)37-38(34-17-13-11-14-18-34)43(45,36-19-15-12-16-20-36)39(40(37)44)35-27-23-32(24-28-35)30-47-49(9,10)42(4,5)6/h11-28,39,45H,29-30H2,1-10H3. The van der Waals surface area contributed by atoms with Crippen molar-refractivity contribution in [2.24, 2.45) is 0 Å². The molecule has 0 fully saturated rings. The summed E-state index contributed by atoms with van der Waals surface area (Å²) in [6.45, 7) is 23.5. The van der Waals surface area contributed by atoms with Gasteiger partial charge in [0.2, 0.25) is 0 Å². The Morgan fingerprint density at radius 3 is 1.49 bits per heavy atom. The highest BCUT2D eigenvalue weighted by Crippen LogP contribution is 2.57. The highest BCUT2D eigenvalue weighted by atomic mass is 28.4. The first-order chi connectivity index (χ1) is 22.9. The molecule has 2 unspecified atom stereocenters. The van der Waals surface area contributed by atoms with Crippen molar-refractivity contribution in [3.8, 4) is 0 Å². The Morgan fingerprint density at radius 2 is 1.04 bits per heavy atom. The molecule has 0 spiro atoms. The number of rotatable bonds is 10. The molecule has 0 saturated carbocycles. The molecule has 0 aliphatic heterocycles. The monoisotopic (exact) mass is 690 g/mol. The van der Waals surface area contributed by atoms with Crippen LogP contribution in [-0.2, 0) is 32.5 Å². The number of carbonyl (C=O) groups excluding carboxylic acids is 1. The third-order valence-corrected chi connectivity index (χ3v) is 20.2. The number of ketones is 1. The maximum Gasteiger partial charge on any atom is 0.192 e. The molecule has 4 aromatic rings. The Labute approximate surface area is 296 Å². The fourth-order valence-electron chi connectivity index (χ4n) is 5.98. The van der Waals surface area contributed by atoms with Crippen molar-refractivity contribution in [1.29, 1.82) is 0 Å². The summed E-state index contributed by atoms with van der Waals surface area (Å²) in [5, 5.41) is 13.4. The third kappa shape index (κ3) is 7.40. The van der Waals surface area contributed by atoms with Gasteiger partial charge in [-0.3, -0.25) is 4.79 Å². The molecule has 4 nitrogen and oxygen atoms in total. The Balaban J connectivity index is 1.58. The molecule has 0 saturated heterocycles. The van der Waals surface area contributed by atoms with Gasteiger partial charge in [0.1, 0.15) is 5.60 Å². The molecule has 258 valence electrons. The lowest BCUT2D eigenvalue weighted by Gasteiger charge is -2.36. The van der Waals surface area contributed by atoms with E-state index in [-0.39, 0.29) is 15.9 Å². The van der Waals surface area contributed by atoms with Gasteiger partial charge in [0.15, 0.2) is 22.4 Å². The Hall–Kier alpha value is -3.40. The predicted octanol–water partition coefficient (Wildman–Crippen LogP) is 10.9. The molecule has 0 heterocycles. The molecule has 5 rings (SSSR count). The second-order valence-corrected chi connectivity index (χ2v) is 26.2. The van der Waals surface area contributed by atoms with E-state index in [1.165, 1.54) is 0 Å². The summed E-state index contributed by atoms with van der Waals surface area (Å²) in [5.41, 5.74) is 4.76. The molecular weight excluding hydrogens is 637 g/mol. The maximum atomic E-state index is 14.9. The number of benzene rings is 4. The summed E-state index contributed by atoms with van der Waals surface area (Å²) in [5.74, 6) is -0.933. The number of allylic oxidation sites excluding steroid dienone is 1. The number of carbonyl (C=O) groups is 1. The van der Waals surface area contributed by atoms with Crippen molar-refractivity contribution in [3.63, 3.8) is 0 Å². The number of Topliss-reactive ketones (excluding diaryl/α,β-unsaturated/α-hetero) is 1. The fourth-order valence-corrected chi connectivity index (χ4v) is 7.90. The summed E-state index contributed by atoms with van der Waals surface area (Å²) in [6.07, 6.45) is 0. The first-order valence-corrected chi connectivity index (χ1v) is 23.3. The molecule has 49 heavy (non-hydrogen) atoms. The fraction of sp³-hybridized carbons (Fsp3) is 0.372. The van der Waals surface area contributed by atoms with Crippen LogP contribution in [0.15, 0.2) is 109 Å². The number of hydrogen-bond donors (Lipinski definition) is 1. The lowest BCUT2D eigenvalue weighted by Crippen LogP contribution is -2.40. The minimum absolute atomic E-state index is 0.0965. The van der Waals surface area contributed by atoms with Crippen LogP contribution >= 0.6 is 0 Å². The quantitative estimate of drug-likeness (QED) is 0.168. The molecule has 0 bridgehead atoms. The first kappa shape index (κ1) is 36.9. The minimum Gasteiger partial charge on any atom is -0.413 e. The topological polar surface area (TPSA) is 55.8 Å². The number of aliphatic hydroxyl groups is 1. The van der Waals surface area contributed by atoms with E-state index in [0.717, 1.165) is 27.8 Å². The maximum absolute atomic E-state index is 14.9. The van der Waals surface area contributed by atoms with E-state index in [1.807, 2.05) is 97.1 Å². The zero-order valence-corrected chi connectivity index (χ0v) is 33.1. The summed E-state index contributed by atoms with van der Waals surface area (Å²) in [6, 6.07) is 35.7. The van der Waals surface area contributed by atoms with Crippen molar-refractivity contribution < 1.29 is 18.8 Å². The second kappa shape index (κ2) is 13.7. The molecule has 4 aromatic carbocycles. The van der Waals surface area contributed by atoms with Gasteiger partial charge in [-0.25, -0.2) is 0 Å². The molecule has 1 aliphatic carbocycles. The van der Waals surface area contributed by atoms with E-state index < -0.39 is 28.2 Å². The van der Waals surface area contributed by atoms with Gasteiger partial charge < -0.3 is 14.0 Å².